The summed E-state index contributed by atoms with van der Waals surface area (Å²) >= 11 is 1.81. The summed E-state index contributed by atoms with van der Waals surface area (Å²) in [5.74, 6) is 2.27. The number of rotatable bonds is 7. The van der Waals surface area contributed by atoms with Crippen molar-refractivity contribution in [1.29, 1.82) is 0 Å². The Balaban J connectivity index is 1.52. The molecule has 4 rings (SSSR count). The monoisotopic (exact) mass is 451 g/mol. The summed E-state index contributed by atoms with van der Waals surface area (Å²) in [6, 6.07) is 10.1. The van der Waals surface area contributed by atoms with Crippen molar-refractivity contribution in [2.45, 2.75) is 59.7 Å². The Hall–Kier alpha value is -2.51. The first-order valence-electron chi connectivity index (χ1n) is 11.4. The van der Waals surface area contributed by atoms with E-state index >= 15 is 0 Å². The number of nitrogens with zero attached hydrogens (tertiary/aromatic N) is 4. The third kappa shape index (κ3) is 5.45. The summed E-state index contributed by atoms with van der Waals surface area (Å²) in [4.78, 5) is 17.0. The lowest BCUT2D eigenvalue weighted by Gasteiger charge is -2.22. The van der Waals surface area contributed by atoms with Crippen molar-refractivity contribution in [3.05, 3.63) is 68.9 Å². The second-order valence-electron chi connectivity index (χ2n) is 9.26. The highest BCUT2D eigenvalue weighted by molar-refractivity contribution is 7.09. The van der Waals surface area contributed by atoms with E-state index in [1.54, 1.807) is 11.3 Å². The van der Waals surface area contributed by atoms with Crippen LogP contribution < -0.4 is 5.32 Å². The SMILES string of the molecule is Cc1cc(C)cc(C(=O)N[C@@H](CC(C)C)c2nnc3n2CCN(Cc2cccs2)CC3)c1. The fourth-order valence-corrected chi connectivity index (χ4v) is 5.22. The Morgan fingerprint density at radius 3 is 2.59 bits per heavy atom. The van der Waals surface area contributed by atoms with Gasteiger partial charge in [-0.2, -0.15) is 0 Å². The highest BCUT2D eigenvalue weighted by atomic mass is 32.1. The Bertz CT molecular complexity index is 1040. The van der Waals surface area contributed by atoms with Crippen LogP contribution in [0.15, 0.2) is 35.7 Å². The third-order valence-electron chi connectivity index (χ3n) is 5.92. The van der Waals surface area contributed by atoms with Gasteiger partial charge in [0.1, 0.15) is 5.82 Å². The first-order valence-corrected chi connectivity index (χ1v) is 12.3. The van der Waals surface area contributed by atoms with E-state index in [4.69, 9.17) is 0 Å². The zero-order valence-corrected chi connectivity index (χ0v) is 20.3. The van der Waals surface area contributed by atoms with Crippen molar-refractivity contribution in [3.8, 4) is 0 Å². The molecule has 0 unspecified atom stereocenters. The lowest BCUT2D eigenvalue weighted by Crippen LogP contribution is -2.32. The van der Waals surface area contributed by atoms with E-state index < -0.39 is 0 Å². The summed E-state index contributed by atoms with van der Waals surface area (Å²) in [5.41, 5.74) is 2.89. The van der Waals surface area contributed by atoms with Gasteiger partial charge in [0.25, 0.3) is 5.91 Å². The number of carbonyl (C=O) groups is 1. The standard InChI is InChI=1S/C25H33N5OS/c1-17(2)12-22(26-25(31)20-14-18(3)13-19(4)15-20)24-28-27-23-7-8-29(9-10-30(23)24)16-21-6-5-11-32-21/h5-6,11,13-15,17,22H,7-10,12,16H2,1-4H3,(H,26,31)/t22-/m0/s1. The molecule has 1 N–H and O–H groups in total. The maximum atomic E-state index is 13.1. The number of benzene rings is 1. The summed E-state index contributed by atoms with van der Waals surface area (Å²) < 4.78 is 2.24. The molecule has 1 aliphatic heterocycles. The molecule has 3 aromatic rings. The minimum absolute atomic E-state index is 0.0484. The van der Waals surface area contributed by atoms with Crippen molar-refractivity contribution < 1.29 is 4.79 Å². The minimum atomic E-state index is -0.159. The van der Waals surface area contributed by atoms with Gasteiger partial charge in [-0.1, -0.05) is 37.1 Å². The van der Waals surface area contributed by atoms with E-state index in [0.717, 1.165) is 61.8 Å². The molecule has 32 heavy (non-hydrogen) atoms. The average molecular weight is 452 g/mol. The Morgan fingerprint density at radius 1 is 1.12 bits per heavy atom. The van der Waals surface area contributed by atoms with E-state index in [-0.39, 0.29) is 11.9 Å². The molecule has 0 fully saturated rings. The van der Waals surface area contributed by atoms with Crippen LogP contribution >= 0.6 is 11.3 Å². The van der Waals surface area contributed by atoms with Crippen molar-refractivity contribution in [3.63, 3.8) is 0 Å². The van der Waals surface area contributed by atoms with Crippen molar-refractivity contribution in [2.75, 3.05) is 13.1 Å². The van der Waals surface area contributed by atoms with Crippen LogP contribution in [-0.4, -0.2) is 38.7 Å². The molecule has 1 amide bonds. The number of hydrogen-bond donors (Lipinski definition) is 1. The van der Waals surface area contributed by atoms with Gasteiger partial charge in [-0.3, -0.25) is 9.69 Å². The quantitative estimate of drug-likeness (QED) is 0.573. The summed E-state index contributed by atoms with van der Waals surface area (Å²) in [6.45, 7) is 12.2. The number of aromatic nitrogens is 3. The molecule has 1 aromatic carbocycles. The third-order valence-corrected chi connectivity index (χ3v) is 6.78. The normalized spacial score (nSPS) is 15.4. The van der Waals surface area contributed by atoms with Crippen LogP contribution in [0.3, 0.4) is 0 Å². The van der Waals surface area contributed by atoms with E-state index in [1.165, 1.54) is 4.88 Å². The van der Waals surface area contributed by atoms with Crippen LogP contribution in [-0.2, 0) is 19.5 Å². The van der Waals surface area contributed by atoms with Crippen molar-refractivity contribution in [2.24, 2.45) is 5.92 Å². The topological polar surface area (TPSA) is 63.1 Å². The number of thiophene rings is 1. The zero-order valence-electron chi connectivity index (χ0n) is 19.5. The molecule has 0 saturated heterocycles. The van der Waals surface area contributed by atoms with Crippen LogP contribution in [0.5, 0.6) is 0 Å². The van der Waals surface area contributed by atoms with Gasteiger partial charge in [-0.25, -0.2) is 0 Å². The molecular formula is C25H33N5OS. The second-order valence-corrected chi connectivity index (χ2v) is 10.3. The van der Waals surface area contributed by atoms with Gasteiger partial charge in [0.15, 0.2) is 5.82 Å². The molecule has 3 heterocycles. The highest BCUT2D eigenvalue weighted by Gasteiger charge is 2.26. The van der Waals surface area contributed by atoms with Crippen LogP contribution in [0.1, 0.15) is 64.3 Å². The molecule has 0 aliphatic carbocycles. The number of hydrogen-bond acceptors (Lipinski definition) is 5. The molecule has 0 saturated carbocycles. The molecule has 0 radical (unpaired) electrons. The van der Waals surface area contributed by atoms with Gasteiger partial charge in [-0.15, -0.1) is 21.5 Å². The molecule has 7 heteroatoms. The van der Waals surface area contributed by atoms with Crippen LogP contribution in [0.2, 0.25) is 0 Å². The van der Waals surface area contributed by atoms with E-state index in [9.17, 15) is 4.79 Å². The lowest BCUT2D eigenvalue weighted by molar-refractivity contribution is 0.0928. The maximum absolute atomic E-state index is 13.1. The molecule has 0 spiro atoms. The van der Waals surface area contributed by atoms with E-state index in [0.29, 0.717) is 11.5 Å². The minimum Gasteiger partial charge on any atom is -0.342 e. The molecule has 170 valence electrons. The molecule has 1 aliphatic rings. The van der Waals surface area contributed by atoms with Crippen LogP contribution in [0.4, 0.5) is 0 Å². The number of amides is 1. The van der Waals surface area contributed by atoms with Crippen molar-refractivity contribution >= 4 is 17.2 Å². The molecule has 0 bridgehead atoms. The largest absolute Gasteiger partial charge is 0.342 e. The highest BCUT2D eigenvalue weighted by Crippen LogP contribution is 2.24. The molecule has 1 atom stereocenters. The fourth-order valence-electron chi connectivity index (χ4n) is 4.48. The Kier molecular flexibility index (Phi) is 7.06. The average Bonchev–Trinajstić information content (AvgIpc) is 3.34. The lowest BCUT2D eigenvalue weighted by atomic mass is 10.0. The van der Waals surface area contributed by atoms with E-state index in [1.807, 2.05) is 26.0 Å². The van der Waals surface area contributed by atoms with Gasteiger partial charge in [0, 0.05) is 43.0 Å². The van der Waals surface area contributed by atoms with Gasteiger partial charge in [0.2, 0.25) is 0 Å². The first-order chi connectivity index (χ1) is 15.4. The fraction of sp³-hybridized carbons (Fsp3) is 0.480. The zero-order chi connectivity index (χ0) is 22.7. The Labute approximate surface area is 194 Å². The number of nitrogens with one attached hydrogen (secondary N) is 1. The summed E-state index contributed by atoms with van der Waals surface area (Å²) in [6.07, 6.45) is 1.70. The van der Waals surface area contributed by atoms with Gasteiger partial charge in [0.05, 0.1) is 6.04 Å². The van der Waals surface area contributed by atoms with Crippen LogP contribution in [0, 0.1) is 19.8 Å². The smallest absolute Gasteiger partial charge is 0.251 e. The molecule has 6 nitrogen and oxygen atoms in total. The van der Waals surface area contributed by atoms with Gasteiger partial charge >= 0.3 is 0 Å². The Morgan fingerprint density at radius 2 is 1.91 bits per heavy atom. The maximum Gasteiger partial charge on any atom is 0.251 e. The molecular weight excluding hydrogens is 418 g/mol. The first kappa shape index (κ1) is 22.7. The predicted octanol–water partition coefficient (Wildman–Crippen LogP) is 4.53. The van der Waals surface area contributed by atoms with Crippen LogP contribution in [0.25, 0.3) is 0 Å². The van der Waals surface area contributed by atoms with Crippen molar-refractivity contribution in [1.82, 2.24) is 25.0 Å². The number of aryl methyl sites for hydroxylation is 2. The van der Waals surface area contributed by atoms with E-state index in [2.05, 4.69) is 62.4 Å². The molecule has 2 aromatic heterocycles. The number of fused-ring (bicyclic) bond motifs is 1. The van der Waals surface area contributed by atoms with Gasteiger partial charge < -0.3 is 9.88 Å². The summed E-state index contributed by atoms with van der Waals surface area (Å²) in [7, 11) is 0. The number of carbonyl (C=O) groups excluding carboxylic acids is 1. The van der Waals surface area contributed by atoms with Gasteiger partial charge in [-0.05, 0) is 49.8 Å². The predicted molar refractivity (Wildman–Crippen MR) is 129 cm³/mol. The second kappa shape index (κ2) is 9.96. The summed E-state index contributed by atoms with van der Waals surface area (Å²) in [5, 5.41) is 14.5.